The molecular formula is C14H20N6O. The second-order valence-corrected chi connectivity index (χ2v) is 5.42. The van der Waals surface area contributed by atoms with Gasteiger partial charge in [-0.3, -0.25) is 9.89 Å². The number of carbonyl (C=O) groups is 1. The van der Waals surface area contributed by atoms with Crippen LogP contribution < -0.4 is 5.32 Å². The number of H-pyrrole nitrogens is 1. The van der Waals surface area contributed by atoms with E-state index in [0.29, 0.717) is 17.9 Å². The Bertz CT molecular complexity index is 617. The van der Waals surface area contributed by atoms with Gasteiger partial charge in [0.2, 0.25) is 5.91 Å². The van der Waals surface area contributed by atoms with Crippen molar-refractivity contribution in [1.29, 1.82) is 0 Å². The van der Waals surface area contributed by atoms with Crippen LogP contribution >= 0.6 is 0 Å². The molecule has 0 atom stereocenters. The number of nitrogens with one attached hydrogen (secondary N) is 2. The first kappa shape index (κ1) is 14.0. The van der Waals surface area contributed by atoms with Crippen LogP contribution in [-0.2, 0) is 4.79 Å². The van der Waals surface area contributed by atoms with E-state index < -0.39 is 0 Å². The Morgan fingerprint density at radius 1 is 1.38 bits per heavy atom. The molecule has 1 aliphatic rings. The molecule has 0 aromatic carbocycles. The van der Waals surface area contributed by atoms with Gasteiger partial charge in [-0.1, -0.05) is 0 Å². The van der Waals surface area contributed by atoms with Gasteiger partial charge in [0.15, 0.2) is 5.65 Å². The number of amides is 1. The summed E-state index contributed by atoms with van der Waals surface area (Å²) in [6.07, 6.45) is 2.17. The number of nitrogens with zero attached hydrogens (tertiary/aromatic N) is 4. The second-order valence-electron chi connectivity index (χ2n) is 5.42. The van der Waals surface area contributed by atoms with Crippen molar-refractivity contribution in [3.05, 3.63) is 18.3 Å². The van der Waals surface area contributed by atoms with Gasteiger partial charge in [-0.25, -0.2) is 4.98 Å². The monoisotopic (exact) mass is 288 g/mol. The summed E-state index contributed by atoms with van der Waals surface area (Å²) in [6, 6.07) is 3.72. The SMILES string of the molecule is CN1CCN(CCC(=O)Nc2[nH]nc3ncccc23)CC1. The van der Waals surface area contributed by atoms with Gasteiger partial charge in [-0.15, -0.1) is 0 Å². The molecule has 7 nitrogen and oxygen atoms in total. The molecule has 1 amide bonds. The minimum absolute atomic E-state index is 0.00308. The van der Waals surface area contributed by atoms with Crippen LogP contribution in [0.5, 0.6) is 0 Å². The van der Waals surface area contributed by atoms with Gasteiger partial charge >= 0.3 is 0 Å². The van der Waals surface area contributed by atoms with Crippen molar-refractivity contribution >= 4 is 22.8 Å². The second kappa shape index (κ2) is 6.19. The molecule has 0 bridgehead atoms. The van der Waals surface area contributed by atoms with Crippen molar-refractivity contribution in [2.45, 2.75) is 6.42 Å². The van der Waals surface area contributed by atoms with E-state index in [9.17, 15) is 4.79 Å². The molecule has 2 aromatic rings. The first-order valence-electron chi connectivity index (χ1n) is 7.22. The Balaban J connectivity index is 1.52. The molecule has 21 heavy (non-hydrogen) atoms. The summed E-state index contributed by atoms with van der Waals surface area (Å²) in [5.41, 5.74) is 0.617. The fourth-order valence-electron chi connectivity index (χ4n) is 2.48. The van der Waals surface area contributed by atoms with Gasteiger partial charge in [0.1, 0.15) is 5.82 Å². The van der Waals surface area contributed by atoms with E-state index in [0.717, 1.165) is 38.1 Å². The van der Waals surface area contributed by atoms with E-state index in [1.165, 1.54) is 0 Å². The Morgan fingerprint density at radius 3 is 3.00 bits per heavy atom. The lowest BCUT2D eigenvalue weighted by molar-refractivity contribution is -0.116. The predicted molar refractivity (Wildman–Crippen MR) is 81.1 cm³/mol. The van der Waals surface area contributed by atoms with Crippen LogP contribution in [0, 0.1) is 0 Å². The lowest BCUT2D eigenvalue weighted by atomic mass is 10.3. The van der Waals surface area contributed by atoms with Crippen molar-refractivity contribution < 1.29 is 4.79 Å². The summed E-state index contributed by atoms with van der Waals surface area (Å²) in [7, 11) is 2.13. The highest BCUT2D eigenvalue weighted by Gasteiger charge is 2.15. The number of rotatable bonds is 4. The molecule has 1 aliphatic heterocycles. The molecule has 0 saturated carbocycles. The van der Waals surface area contributed by atoms with Crippen LogP contribution in [0.4, 0.5) is 5.82 Å². The zero-order chi connectivity index (χ0) is 14.7. The number of piperazine rings is 1. The minimum atomic E-state index is 0.00308. The number of hydrogen-bond acceptors (Lipinski definition) is 5. The van der Waals surface area contributed by atoms with Gasteiger partial charge in [0, 0.05) is 45.3 Å². The van der Waals surface area contributed by atoms with E-state index in [1.807, 2.05) is 12.1 Å². The summed E-state index contributed by atoms with van der Waals surface area (Å²) < 4.78 is 0. The molecule has 0 spiro atoms. The van der Waals surface area contributed by atoms with Crippen molar-refractivity contribution in [2.75, 3.05) is 45.1 Å². The quantitative estimate of drug-likeness (QED) is 0.858. The average molecular weight is 288 g/mol. The van der Waals surface area contributed by atoms with Crippen molar-refractivity contribution in [2.24, 2.45) is 0 Å². The average Bonchev–Trinajstić information content (AvgIpc) is 2.90. The molecule has 1 fully saturated rings. The highest BCUT2D eigenvalue weighted by molar-refractivity contribution is 5.98. The van der Waals surface area contributed by atoms with E-state index >= 15 is 0 Å². The molecule has 2 N–H and O–H groups in total. The van der Waals surface area contributed by atoms with Crippen molar-refractivity contribution in [3.8, 4) is 0 Å². The zero-order valence-electron chi connectivity index (χ0n) is 12.2. The number of hydrogen-bond donors (Lipinski definition) is 2. The molecule has 2 aromatic heterocycles. The molecular weight excluding hydrogens is 268 g/mol. The molecule has 3 rings (SSSR count). The van der Waals surface area contributed by atoms with E-state index in [2.05, 4.69) is 37.3 Å². The number of likely N-dealkylation sites (N-methyl/N-ethyl adjacent to an activating group) is 1. The van der Waals surface area contributed by atoms with Gasteiger partial charge in [-0.2, -0.15) is 5.10 Å². The standard InChI is InChI=1S/C14H20N6O/c1-19-7-9-20(10-8-19)6-4-12(21)16-14-11-3-2-5-15-13(11)17-18-14/h2-3,5H,4,6-10H2,1H3,(H2,15,16,17,18,21). The largest absolute Gasteiger partial charge is 0.310 e. The van der Waals surface area contributed by atoms with Gasteiger partial charge in [0.05, 0.1) is 5.39 Å². The third kappa shape index (κ3) is 3.37. The molecule has 7 heteroatoms. The van der Waals surface area contributed by atoms with Crippen molar-refractivity contribution in [1.82, 2.24) is 25.0 Å². The van der Waals surface area contributed by atoms with E-state index in [-0.39, 0.29) is 5.91 Å². The fraction of sp³-hybridized carbons (Fsp3) is 0.500. The maximum absolute atomic E-state index is 12.0. The van der Waals surface area contributed by atoms with Crippen LogP contribution in [-0.4, -0.2) is 70.7 Å². The molecule has 0 radical (unpaired) electrons. The predicted octanol–water partition coefficient (Wildman–Crippen LogP) is 0.534. The summed E-state index contributed by atoms with van der Waals surface area (Å²) in [5.74, 6) is 0.629. The van der Waals surface area contributed by atoms with Gasteiger partial charge in [-0.05, 0) is 19.2 Å². The Kier molecular flexibility index (Phi) is 4.12. The summed E-state index contributed by atoms with van der Waals surface area (Å²) in [5, 5.41) is 10.6. The van der Waals surface area contributed by atoms with Crippen LogP contribution in [0.2, 0.25) is 0 Å². The highest BCUT2D eigenvalue weighted by Crippen LogP contribution is 2.17. The molecule has 112 valence electrons. The highest BCUT2D eigenvalue weighted by atomic mass is 16.1. The number of aromatic amines is 1. The van der Waals surface area contributed by atoms with E-state index in [4.69, 9.17) is 0 Å². The number of pyridine rings is 1. The molecule has 1 saturated heterocycles. The molecule has 0 aliphatic carbocycles. The Hall–Kier alpha value is -1.99. The Morgan fingerprint density at radius 2 is 2.19 bits per heavy atom. The summed E-state index contributed by atoms with van der Waals surface area (Å²) in [6.45, 7) is 4.99. The van der Waals surface area contributed by atoms with Crippen LogP contribution in [0.15, 0.2) is 18.3 Å². The zero-order valence-corrected chi connectivity index (χ0v) is 12.2. The fourth-order valence-corrected chi connectivity index (χ4v) is 2.48. The maximum Gasteiger partial charge on any atom is 0.226 e. The third-order valence-electron chi connectivity index (χ3n) is 3.85. The first-order valence-corrected chi connectivity index (χ1v) is 7.22. The summed E-state index contributed by atoms with van der Waals surface area (Å²) in [4.78, 5) is 20.8. The molecule has 0 unspecified atom stereocenters. The topological polar surface area (TPSA) is 77.1 Å². The lowest BCUT2D eigenvalue weighted by Crippen LogP contribution is -2.45. The lowest BCUT2D eigenvalue weighted by Gasteiger charge is -2.32. The first-order chi connectivity index (χ1) is 10.2. The normalized spacial score (nSPS) is 17.2. The van der Waals surface area contributed by atoms with Gasteiger partial charge in [0.25, 0.3) is 0 Å². The number of aromatic nitrogens is 3. The van der Waals surface area contributed by atoms with E-state index in [1.54, 1.807) is 6.20 Å². The van der Waals surface area contributed by atoms with Crippen LogP contribution in [0.3, 0.4) is 0 Å². The number of fused-ring (bicyclic) bond motifs is 1. The smallest absolute Gasteiger partial charge is 0.226 e. The van der Waals surface area contributed by atoms with Gasteiger partial charge < -0.3 is 15.1 Å². The Labute approximate surface area is 123 Å². The summed E-state index contributed by atoms with van der Waals surface area (Å²) >= 11 is 0. The molecule has 3 heterocycles. The maximum atomic E-state index is 12.0. The minimum Gasteiger partial charge on any atom is -0.310 e. The van der Waals surface area contributed by atoms with Crippen LogP contribution in [0.25, 0.3) is 11.0 Å². The number of anilines is 1. The number of carbonyl (C=O) groups excluding carboxylic acids is 1. The van der Waals surface area contributed by atoms with Crippen LogP contribution in [0.1, 0.15) is 6.42 Å². The third-order valence-corrected chi connectivity index (χ3v) is 3.85. The van der Waals surface area contributed by atoms with Crippen molar-refractivity contribution in [3.63, 3.8) is 0 Å².